The number of methoxy groups -OCH3 is 1. The monoisotopic (exact) mass is 230 g/mol. The molecule has 1 heterocycles. The van der Waals surface area contributed by atoms with E-state index in [2.05, 4.69) is 4.74 Å². The zero-order chi connectivity index (χ0) is 10.6. The van der Waals surface area contributed by atoms with Crippen molar-refractivity contribution < 1.29 is 14.3 Å². The lowest BCUT2D eigenvalue weighted by molar-refractivity contribution is -0.137. The molecule has 0 N–H and O–H groups in total. The van der Waals surface area contributed by atoms with Crippen LogP contribution in [0.5, 0.6) is 0 Å². The van der Waals surface area contributed by atoms with E-state index in [-0.39, 0.29) is 17.5 Å². The summed E-state index contributed by atoms with van der Waals surface area (Å²) in [4.78, 5) is 22.5. The molecule has 0 radical (unpaired) electrons. The van der Waals surface area contributed by atoms with Crippen LogP contribution in [0.1, 0.15) is 16.6 Å². The number of rotatable bonds is 4. The van der Waals surface area contributed by atoms with Crippen LogP contribution in [0, 0.1) is 0 Å². The van der Waals surface area contributed by atoms with Crippen LogP contribution in [0.3, 0.4) is 0 Å². The van der Waals surface area contributed by atoms with Crippen molar-refractivity contribution in [1.29, 1.82) is 0 Å². The molecule has 5 heteroatoms. The van der Waals surface area contributed by atoms with E-state index in [9.17, 15) is 9.59 Å². The number of Topliss-reactive ketones (excluding diaryl/α,β-unsaturated/α-hetero) is 1. The molecule has 1 aromatic rings. The Bertz CT molecular complexity index is 344. The topological polar surface area (TPSA) is 43.4 Å². The zero-order valence-electron chi connectivity index (χ0n) is 7.90. The standard InChI is InChI=1S/C9H10O3S2/c1-6(10)7-3-4-9(14-7)13-5-8(11)12-2/h3-4H,5H2,1-2H3. The van der Waals surface area contributed by atoms with Gasteiger partial charge in [-0.05, 0) is 19.1 Å². The SMILES string of the molecule is COC(=O)CSc1ccc(C(C)=O)s1. The van der Waals surface area contributed by atoms with Crippen LogP contribution < -0.4 is 0 Å². The maximum atomic E-state index is 11.0. The number of hydrogen-bond acceptors (Lipinski definition) is 5. The molecule has 0 saturated heterocycles. The van der Waals surface area contributed by atoms with Crippen molar-refractivity contribution in [2.75, 3.05) is 12.9 Å². The average molecular weight is 230 g/mol. The number of thioether (sulfide) groups is 1. The first-order valence-corrected chi connectivity index (χ1v) is 5.74. The molecular weight excluding hydrogens is 220 g/mol. The third-order valence-electron chi connectivity index (χ3n) is 1.49. The summed E-state index contributed by atoms with van der Waals surface area (Å²) < 4.78 is 5.46. The van der Waals surface area contributed by atoms with Gasteiger partial charge >= 0.3 is 5.97 Å². The van der Waals surface area contributed by atoms with Crippen LogP contribution >= 0.6 is 23.1 Å². The second kappa shape index (κ2) is 5.17. The van der Waals surface area contributed by atoms with Crippen LogP contribution in [-0.4, -0.2) is 24.6 Å². The largest absolute Gasteiger partial charge is 0.468 e. The Kier molecular flexibility index (Phi) is 4.16. The van der Waals surface area contributed by atoms with Crippen LogP contribution in [0.2, 0.25) is 0 Å². The molecule has 0 aliphatic rings. The van der Waals surface area contributed by atoms with Crippen molar-refractivity contribution in [2.45, 2.75) is 11.1 Å². The Labute approximate surface area is 90.5 Å². The molecule has 0 amide bonds. The number of ether oxygens (including phenoxy) is 1. The van der Waals surface area contributed by atoms with E-state index in [1.165, 1.54) is 37.1 Å². The number of ketones is 1. The van der Waals surface area contributed by atoms with Crippen molar-refractivity contribution in [3.63, 3.8) is 0 Å². The van der Waals surface area contributed by atoms with Gasteiger partial charge in [0.15, 0.2) is 5.78 Å². The Morgan fingerprint density at radius 2 is 2.21 bits per heavy atom. The Morgan fingerprint density at radius 3 is 2.71 bits per heavy atom. The first kappa shape index (κ1) is 11.3. The summed E-state index contributed by atoms with van der Waals surface area (Å²) in [6.45, 7) is 1.53. The molecule has 0 aromatic carbocycles. The first-order valence-electron chi connectivity index (χ1n) is 3.94. The van der Waals surface area contributed by atoms with Gasteiger partial charge in [-0.2, -0.15) is 0 Å². The maximum absolute atomic E-state index is 11.0. The van der Waals surface area contributed by atoms with Gasteiger partial charge in [-0.25, -0.2) is 0 Å². The molecule has 0 atom stereocenters. The minimum absolute atomic E-state index is 0.0555. The average Bonchev–Trinajstić information content (AvgIpc) is 2.62. The fraction of sp³-hybridized carbons (Fsp3) is 0.333. The third-order valence-corrected chi connectivity index (χ3v) is 3.87. The summed E-state index contributed by atoms with van der Waals surface area (Å²) in [6, 6.07) is 3.61. The minimum atomic E-state index is -0.257. The quantitative estimate of drug-likeness (QED) is 0.452. The van der Waals surface area contributed by atoms with Gasteiger partial charge < -0.3 is 4.74 Å². The van der Waals surface area contributed by atoms with E-state index in [1.807, 2.05) is 6.07 Å². The molecule has 0 fully saturated rings. The second-order valence-electron chi connectivity index (χ2n) is 2.54. The van der Waals surface area contributed by atoms with E-state index in [0.717, 1.165) is 9.09 Å². The zero-order valence-corrected chi connectivity index (χ0v) is 9.54. The lowest BCUT2D eigenvalue weighted by atomic mass is 10.4. The van der Waals surface area contributed by atoms with Crippen molar-refractivity contribution in [2.24, 2.45) is 0 Å². The first-order chi connectivity index (χ1) is 6.63. The van der Waals surface area contributed by atoms with Crippen LogP contribution in [0.25, 0.3) is 0 Å². The van der Waals surface area contributed by atoms with E-state index in [4.69, 9.17) is 0 Å². The van der Waals surface area contributed by atoms with Crippen molar-refractivity contribution in [1.82, 2.24) is 0 Å². The molecule has 1 aromatic heterocycles. The lowest BCUT2D eigenvalue weighted by Crippen LogP contribution is -2.02. The predicted octanol–water partition coefficient (Wildman–Crippen LogP) is 2.22. The number of hydrogen-bond donors (Lipinski definition) is 0. The fourth-order valence-corrected chi connectivity index (χ4v) is 2.63. The highest BCUT2D eigenvalue weighted by molar-refractivity contribution is 8.01. The summed E-state index contributed by atoms with van der Waals surface area (Å²) in [6.07, 6.45) is 0. The minimum Gasteiger partial charge on any atom is -0.468 e. The van der Waals surface area contributed by atoms with E-state index in [0.29, 0.717) is 0 Å². The summed E-state index contributed by atoms with van der Waals surface area (Å²) in [5.41, 5.74) is 0. The van der Waals surface area contributed by atoms with Gasteiger partial charge in [-0.3, -0.25) is 9.59 Å². The molecule has 14 heavy (non-hydrogen) atoms. The van der Waals surface area contributed by atoms with E-state index < -0.39 is 0 Å². The van der Waals surface area contributed by atoms with Gasteiger partial charge in [0.05, 0.1) is 21.9 Å². The van der Waals surface area contributed by atoms with Crippen LogP contribution in [-0.2, 0) is 9.53 Å². The normalized spacial score (nSPS) is 9.86. The highest BCUT2D eigenvalue weighted by Gasteiger charge is 2.06. The Hall–Kier alpha value is -0.810. The van der Waals surface area contributed by atoms with Gasteiger partial charge in [0.25, 0.3) is 0 Å². The van der Waals surface area contributed by atoms with Crippen LogP contribution in [0.4, 0.5) is 0 Å². The van der Waals surface area contributed by atoms with Gasteiger partial charge in [-0.15, -0.1) is 23.1 Å². The fourth-order valence-electron chi connectivity index (χ4n) is 0.776. The molecule has 0 bridgehead atoms. The molecule has 3 nitrogen and oxygen atoms in total. The smallest absolute Gasteiger partial charge is 0.316 e. The Morgan fingerprint density at radius 1 is 1.50 bits per heavy atom. The number of esters is 1. The molecular formula is C9H10O3S2. The van der Waals surface area contributed by atoms with E-state index >= 15 is 0 Å². The predicted molar refractivity (Wildman–Crippen MR) is 57.1 cm³/mol. The van der Waals surface area contributed by atoms with Crippen molar-refractivity contribution >= 4 is 34.9 Å². The molecule has 0 saturated carbocycles. The van der Waals surface area contributed by atoms with Gasteiger partial charge in [0.2, 0.25) is 0 Å². The van der Waals surface area contributed by atoms with Gasteiger partial charge in [-0.1, -0.05) is 0 Å². The summed E-state index contributed by atoms with van der Waals surface area (Å²) in [5, 5.41) is 0. The van der Waals surface area contributed by atoms with E-state index in [1.54, 1.807) is 6.07 Å². The highest BCUT2D eigenvalue weighted by Crippen LogP contribution is 2.27. The molecule has 0 unspecified atom stereocenters. The molecule has 0 aliphatic heterocycles. The second-order valence-corrected chi connectivity index (χ2v) is 4.90. The highest BCUT2D eigenvalue weighted by atomic mass is 32.2. The Balaban J connectivity index is 2.52. The van der Waals surface area contributed by atoms with Crippen LogP contribution in [0.15, 0.2) is 16.3 Å². The molecule has 0 aliphatic carbocycles. The molecule has 0 spiro atoms. The molecule has 76 valence electrons. The van der Waals surface area contributed by atoms with Crippen molar-refractivity contribution in [3.05, 3.63) is 17.0 Å². The number of carbonyl (C=O) groups is 2. The van der Waals surface area contributed by atoms with Gasteiger partial charge in [0.1, 0.15) is 0 Å². The third kappa shape index (κ3) is 3.16. The summed E-state index contributed by atoms with van der Waals surface area (Å²) >= 11 is 2.78. The van der Waals surface area contributed by atoms with Crippen molar-refractivity contribution in [3.8, 4) is 0 Å². The summed E-state index contributed by atoms with van der Waals surface area (Å²) in [7, 11) is 1.36. The summed E-state index contributed by atoms with van der Waals surface area (Å²) in [5.74, 6) is 0.0849. The lowest BCUT2D eigenvalue weighted by Gasteiger charge is -1.95. The number of carbonyl (C=O) groups excluding carboxylic acids is 2. The molecule has 1 rings (SSSR count). The van der Waals surface area contributed by atoms with Gasteiger partial charge in [0, 0.05) is 0 Å². The number of thiophene rings is 1. The maximum Gasteiger partial charge on any atom is 0.316 e.